The Hall–Kier alpha value is -1.63. The topological polar surface area (TPSA) is 80.5 Å². The van der Waals surface area contributed by atoms with E-state index in [9.17, 15) is 4.79 Å². The number of amides is 2. The van der Waals surface area contributed by atoms with Crippen LogP contribution in [0.15, 0.2) is 4.52 Å². The SMILES string of the molecule is CO[C@H]1C[C@H](c2nc(C)no2)N(C(=O)NC(C)C2CCC2)C1. The van der Waals surface area contributed by atoms with Gasteiger partial charge in [-0.1, -0.05) is 11.6 Å². The van der Waals surface area contributed by atoms with Crippen molar-refractivity contribution < 1.29 is 14.1 Å². The van der Waals surface area contributed by atoms with Crippen molar-refractivity contribution in [2.24, 2.45) is 5.92 Å². The number of aromatic nitrogens is 2. The molecule has 2 fully saturated rings. The Morgan fingerprint density at radius 1 is 1.50 bits per heavy atom. The number of nitrogens with one attached hydrogen (secondary N) is 1. The third kappa shape index (κ3) is 2.95. The summed E-state index contributed by atoms with van der Waals surface area (Å²) in [6.45, 7) is 4.40. The predicted molar refractivity (Wildman–Crippen MR) is 79.2 cm³/mol. The highest BCUT2D eigenvalue weighted by Crippen LogP contribution is 2.33. The number of hydrogen-bond acceptors (Lipinski definition) is 5. The van der Waals surface area contributed by atoms with Crippen LogP contribution in [-0.2, 0) is 4.74 Å². The second-order valence-electron chi connectivity index (χ2n) is 6.37. The average Bonchev–Trinajstić information content (AvgIpc) is 3.02. The van der Waals surface area contributed by atoms with Crippen LogP contribution in [0.2, 0.25) is 0 Å². The Balaban J connectivity index is 1.69. The first-order chi connectivity index (χ1) is 10.6. The second-order valence-corrected chi connectivity index (χ2v) is 6.37. The molecule has 122 valence electrons. The highest BCUT2D eigenvalue weighted by atomic mass is 16.5. The minimum atomic E-state index is -0.209. The lowest BCUT2D eigenvalue weighted by Gasteiger charge is -2.33. The first kappa shape index (κ1) is 15.3. The molecule has 2 heterocycles. The molecule has 7 heteroatoms. The summed E-state index contributed by atoms with van der Waals surface area (Å²) in [4.78, 5) is 18.7. The summed E-state index contributed by atoms with van der Waals surface area (Å²) in [5.74, 6) is 1.68. The lowest BCUT2D eigenvalue weighted by Crippen LogP contribution is -2.47. The van der Waals surface area contributed by atoms with Crippen LogP contribution in [0, 0.1) is 12.8 Å². The Labute approximate surface area is 130 Å². The molecule has 22 heavy (non-hydrogen) atoms. The molecule has 1 aromatic heterocycles. The maximum Gasteiger partial charge on any atom is 0.318 e. The van der Waals surface area contributed by atoms with Crippen molar-refractivity contribution >= 4 is 6.03 Å². The molecule has 2 aliphatic rings. The second kappa shape index (κ2) is 6.24. The number of carbonyl (C=O) groups excluding carboxylic acids is 1. The van der Waals surface area contributed by atoms with Gasteiger partial charge in [0.2, 0.25) is 5.89 Å². The van der Waals surface area contributed by atoms with Gasteiger partial charge >= 0.3 is 6.03 Å². The van der Waals surface area contributed by atoms with Crippen LogP contribution in [0.5, 0.6) is 0 Å². The molecule has 0 radical (unpaired) electrons. The summed E-state index contributed by atoms with van der Waals surface area (Å²) < 4.78 is 10.7. The maximum absolute atomic E-state index is 12.6. The number of rotatable bonds is 4. The minimum absolute atomic E-state index is 0.00182. The molecule has 1 aliphatic carbocycles. The van der Waals surface area contributed by atoms with Crippen molar-refractivity contribution in [3.05, 3.63) is 11.7 Å². The van der Waals surface area contributed by atoms with E-state index in [1.54, 1.807) is 18.9 Å². The maximum atomic E-state index is 12.6. The summed E-state index contributed by atoms with van der Waals surface area (Å²) in [6.07, 6.45) is 4.36. The van der Waals surface area contributed by atoms with Crippen LogP contribution >= 0.6 is 0 Å². The van der Waals surface area contributed by atoms with Crippen LogP contribution in [-0.4, -0.2) is 46.9 Å². The highest BCUT2D eigenvalue weighted by Gasteiger charge is 2.40. The lowest BCUT2D eigenvalue weighted by molar-refractivity contribution is 0.109. The third-order valence-electron chi connectivity index (χ3n) is 4.89. The average molecular weight is 308 g/mol. The molecule has 0 spiro atoms. The van der Waals surface area contributed by atoms with E-state index in [0.29, 0.717) is 30.6 Å². The van der Waals surface area contributed by atoms with Gasteiger partial charge in [0, 0.05) is 26.1 Å². The van der Waals surface area contributed by atoms with Crippen LogP contribution in [0.25, 0.3) is 0 Å². The molecule has 1 aromatic rings. The monoisotopic (exact) mass is 308 g/mol. The lowest BCUT2D eigenvalue weighted by atomic mass is 9.80. The summed E-state index contributed by atoms with van der Waals surface area (Å²) in [5.41, 5.74) is 0. The molecule has 3 atom stereocenters. The van der Waals surface area contributed by atoms with E-state index in [4.69, 9.17) is 9.26 Å². The first-order valence-corrected chi connectivity index (χ1v) is 7.98. The number of urea groups is 1. The van der Waals surface area contributed by atoms with Gasteiger partial charge in [-0.3, -0.25) is 0 Å². The standard InChI is InChI=1S/C15H24N4O3/c1-9(11-5-4-6-11)16-15(20)19-8-12(21-3)7-13(19)14-17-10(2)18-22-14/h9,11-13H,4-8H2,1-3H3,(H,16,20)/t9?,12-,13+/m0/s1. The van der Waals surface area contributed by atoms with E-state index < -0.39 is 0 Å². The molecule has 0 aromatic carbocycles. The summed E-state index contributed by atoms with van der Waals surface area (Å²) >= 11 is 0. The van der Waals surface area contributed by atoms with E-state index in [-0.39, 0.29) is 24.2 Å². The number of hydrogen-bond donors (Lipinski definition) is 1. The van der Waals surface area contributed by atoms with Crippen molar-refractivity contribution in [2.45, 2.75) is 57.7 Å². The zero-order chi connectivity index (χ0) is 15.7. The Bertz CT molecular complexity index is 529. The molecule has 3 rings (SSSR count). The predicted octanol–water partition coefficient (Wildman–Crippen LogP) is 2.04. The first-order valence-electron chi connectivity index (χ1n) is 7.98. The van der Waals surface area contributed by atoms with Crippen molar-refractivity contribution in [3.8, 4) is 0 Å². The third-order valence-corrected chi connectivity index (χ3v) is 4.89. The Morgan fingerprint density at radius 3 is 2.82 bits per heavy atom. The van der Waals surface area contributed by atoms with E-state index in [0.717, 1.165) is 0 Å². The molecular formula is C15H24N4O3. The van der Waals surface area contributed by atoms with Crippen molar-refractivity contribution in [3.63, 3.8) is 0 Å². The molecule has 1 saturated heterocycles. The van der Waals surface area contributed by atoms with E-state index in [1.807, 2.05) is 0 Å². The Kier molecular flexibility index (Phi) is 4.33. The van der Waals surface area contributed by atoms with Gasteiger partial charge in [0.05, 0.1) is 6.10 Å². The zero-order valence-electron chi connectivity index (χ0n) is 13.4. The normalized spacial score (nSPS) is 26.8. The number of likely N-dealkylation sites (tertiary alicyclic amines) is 1. The van der Waals surface area contributed by atoms with E-state index in [1.165, 1.54) is 19.3 Å². The van der Waals surface area contributed by atoms with Gasteiger partial charge in [-0.25, -0.2) is 4.79 Å². The van der Waals surface area contributed by atoms with Gasteiger partial charge in [0.15, 0.2) is 5.82 Å². The quantitative estimate of drug-likeness (QED) is 0.920. The fourth-order valence-electron chi connectivity index (χ4n) is 3.21. The molecule has 1 unspecified atom stereocenters. The van der Waals surface area contributed by atoms with Crippen LogP contribution in [0.3, 0.4) is 0 Å². The van der Waals surface area contributed by atoms with Crippen LogP contribution in [0.1, 0.15) is 50.4 Å². The van der Waals surface area contributed by atoms with Crippen LogP contribution in [0.4, 0.5) is 4.79 Å². The number of aryl methyl sites for hydroxylation is 1. The van der Waals surface area contributed by atoms with E-state index >= 15 is 0 Å². The molecule has 2 amide bonds. The van der Waals surface area contributed by atoms with Crippen molar-refractivity contribution in [1.82, 2.24) is 20.4 Å². The van der Waals surface area contributed by atoms with Crippen molar-refractivity contribution in [2.75, 3.05) is 13.7 Å². The molecule has 1 aliphatic heterocycles. The summed E-state index contributed by atoms with van der Waals surface area (Å²) in [7, 11) is 1.67. The van der Waals surface area contributed by atoms with Crippen molar-refractivity contribution in [1.29, 1.82) is 0 Å². The van der Waals surface area contributed by atoms with Gasteiger partial charge < -0.3 is 19.5 Å². The van der Waals surface area contributed by atoms with Crippen LogP contribution < -0.4 is 5.32 Å². The number of carbonyl (C=O) groups is 1. The summed E-state index contributed by atoms with van der Waals surface area (Å²) in [6, 6.07) is -0.0764. The fraction of sp³-hybridized carbons (Fsp3) is 0.800. The number of ether oxygens (including phenoxy) is 1. The molecule has 7 nitrogen and oxygen atoms in total. The largest absolute Gasteiger partial charge is 0.380 e. The van der Waals surface area contributed by atoms with E-state index in [2.05, 4.69) is 22.4 Å². The van der Waals surface area contributed by atoms with Gasteiger partial charge in [0.1, 0.15) is 6.04 Å². The van der Waals surface area contributed by atoms with Gasteiger partial charge in [0.25, 0.3) is 0 Å². The number of methoxy groups -OCH3 is 1. The molecular weight excluding hydrogens is 284 g/mol. The van der Waals surface area contributed by atoms with Gasteiger partial charge in [-0.2, -0.15) is 4.98 Å². The minimum Gasteiger partial charge on any atom is -0.380 e. The molecule has 1 saturated carbocycles. The molecule has 1 N–H and O–H groups in total. The van der Waals surface area contributed by atoms with Gasteiger partial charge in [-0.05, 0) is 32.6 Å². The smallest absolute Gasteiger partial charge is 0.318 e. The fourth-order valence-corrected chi connectivity index (χ4v) is 3.21. The summed E-state index contributed by atoms with van der Waals surface area (Å²) in [5, 5.41) is 6.95. The van der Waals surface area contributed by atoms with Gasteiger partial charge in [-0.15, -0.1) is 0 Å². The molecule has 0 bridgehead atoms. The highest BCUT2D eigenvalue weighted by molar-refractivity contribution is 5.75. The zero-order valence-corrected chi connectivity index (χ0v) is 13.4. The Morgan fingerprint density at radius 2 is 2.27 bits per heavy atom. The number of nitrogens with zero attached hydrogens (tertiary/aromatic N) is 3.